The van der Waals surface area contributed by atoms with Crippen LogP contribution in [-0.4, -0.2) is 19.9 Å². The minimum Gasteiger partial charge on any atom is -0.313 e. The predicted molar refractivity (Wildman–Crippen MR) is 85.0 cm³/mol. The van der Waals surface area contributed by atoms with E-state index in [1.807, 2.05) is 6.92 Å². The Bertz CT molecular complexity index is 687. The Hall–Kier alpha value is -0.990. The van der Waals surface area contributed by atoms with Crippen molar-refractivity contribution in [3.63, 3.8) is 0 Å². The first-order valence-corrected chi connectivity index (χ1v) is 9.14. The van der Waals surface area contributed by atoms with Gasteiger partial charge >= 0.3 is 0 Å². The van der Waals surface area contributed by atoms with Crippen LogP contribution in [0.1, 0.15) is 17.5 Å². The molecular weight excluding hydrogens is 330 g/mol. The summed E-state index contributed by atoms with van der Waals surface area (Å²) in [5.41, 5.74) is 0.760. The number of nitrogens with one attached hydrogen (secondary N) is 2. The summed E-state index contributed by atoms with van der Waals surface area (Å²) in [6, 6.07) is 4.70. The molecule has 0 fully saturated rings. The molecule has 5 nitrogen and oxygen atoms in total. The van der Waals surface area contributed by atoms with E-state index in [0.29, 0.717) is 11.6 Å². The molecule has 1 heterocycles. The highest BCUT2D eigenvalue weighted by molar-refractivity contribution is 7.89. The fourth-order valence-corrected chi connectivity index (χ4v) is 3.56. The maximum absolute atomic E-state index is 12.3. The molecule has 2 rings (SSSR count). The van der Waals surface area contributed by atoms with Gasteiger partial charge in [-0.05, 0) is 30.3 Å². The molecule has 0 saturated heterocycles. The van der Waals surface area contributed by atoms with Gasteiger partial charge in [0.05, 0.1) is 11.4 Å². The summed E-state index contributed by atoms with van der Waals surface area (Å²) in [6.45, 7) is 3.48. The van der Waals surface area contributed by atoms with Crippen LogP contribution in [0.5, 0.6) is 0 Å². The van der Waals surface area contributed by atoms with Crippen molar-refractivity contribution >= 4 is 33.0 Å². The number of thiazole rings is 1. The number of nitrogens with zero attached hydrogens (tertiary/aromatic N) is 1. The molecule has 1 aromatic heterocycles. The van der Waals surface area contributed by atoms with Crippen LogP contribution in [-0.2, 0) is 23.1 Å². The number of benzene rings is 1. The van der Waals surface area contributed by atoms with Crippen molar-refractivity contribution in [2.75, 3.05) is 6.54 Å². The first kappa shape index (κ1) is 16.4. The number of hydrogen-bond donors (Lipinski definition) is 2. The van der Waals surface area contributed by atoms with Crippen LogP contribution in [0, 0.1) is 0 Å². The summed E-state index contributed by atoms with van der Waals surface area (Å²) in [6.07, 6.45) is 1.64. The molecule has 0 saturated carbocycles. The third-order valence-electron chi connectivity index (χ3n) is 2.79. The van der Waals surface area contributed by atoms with E-state index in [4.69, 9.17) is 11.6 Å². The summed E-state index contributed by atoms with van der Waals surface area (Å²) in [7, 11) is -3.57. The van der Waals surface area contributed by atoms with Crippen molar-refractivity contribution in [2.45, 2.75) is 24.9 Å². The minimum atomic E-state index is -3.57. The average Bonchev–Trinajstić information content (AvgIpc) is 2.97. The molecule has 0 aliphatic rings. The second-order valence-electron chi connectivity index (χ2n) is 4.28. The van der Waals surface area contributed by atoms with Gasteiger partial charge in [-0.1, -0.05) is 18.5 Å². The molecule has 0 atom stereocenters. The smallest absolute Gasteiger partial charge is 0.240 e. The first-order valence-electron chi connectivity index (χ1n) is 6.40. The molecule has 0 bridgehead atoms. The zero-order chi connectivity index (χ0) is 15.3. The van der Waals surface area contributed by atoms with Crippen LogP contribution in [0.15, 0.2) is 34.7 Å². The highest BCUT2D eigenvalue weighted by Gasteiger charge is 2.16. The Morgan fingerprint density at radius 2 is 2.14 bits per heavy atom. The zero-order valence-electron chi connectivity index (χ0n) is 11.5. The highest BCUT2D eigenvalue weighted by Crippen LogP contribution is 2.20. The molecule has 0 spiro atoms. The maximum Gasteiger partial charge on any atom is 0.240 e. The Morgan fingerprint density at radius 3 is 2.81 bits per heavy atom. The van der Waals surface area contributed by atoms with Crippen molar-refractivity contribution in [3.8, 4) is 0 Å². The molecule has 21 heavy (non-hydrogen) atoms. The molecule has 2 N–H and O–H groups in total. The van der Waals surface area contributed by atoms with Gasteiger partial charge in [0.1, 0.15) is 5.01 Å². The molecule has 114 valence electrons. The Morgan fingerprint density at radius 1 is 1.33 bits per heavy atom. The lowest BCUT2D eigenvalue weighted by molar-refractivity contribution is 0.581. The van der Waals surface area contributed by atoms with Gasteiger partial charge in [0.25, 0.3) is 0 Å². The molecule has 2 aromatic rings. The molecule has 8 heteroatoms. The summed E-state index contributed by atoms with van der Waals surface area (Å²) in [5, 5.41) is 6.21. The van der Waals surface area contributed by atoms with Gasteiger partial charge in [-0.2, -0.15) is 0 Å². The fourth-order valence-electron chi connectivity index (χ4n) is 1.69. The molecule has 0 aliphatic carbocycles. The van der Waals surface area contributed by atoms with Gasteiger partial charge in [0.15, 0.2) is 0 Å². The van der Waals surface area contributed by atoms with Crippen LogP contribution in [0.4, 0.5) is 0 Å². The zero-order valence-corrected chi connectivity index (χ0v) is 13.9. The maximum atomic E-state index is 12.3. The standard InChI is InChI=1S/C13H16ClN3O2S2/c1-2-15-8-10-7-11(3-4-12(10)14)21(18,19)17-9-13-16-5-6-20-13/h3-7,15,17H,2,8-9H2,1H3. The monoisotopic (exact) mass is 345 g/mol. The fraction of sp³-hybridized carbons (Fsp3) is 0.308. The van der Waals surface area contributed by atoms with Gasteiger partial charge in [-0.15, -0.1) is 11.3 Å². The lowest BCUT2D eigenvalue weighted by Crippen LogP contribution is -2.23. The normalized spacial score (nSPS) is 11.7. The van der Waals surface area contributed by atoms with Crippen LogP contribution >= 0.6 is 22.9 Å². The van der Waals surface area contributed by atoms with E-state index >= 15 is 0 Å². The lowest BCUT2D eigenvalue weighted by atomic mass is 10.2. The van der Waals surface area contributed by atoms with E-state index in [1.165, 1.54) is 17.4 Å². The Labute approximate surface area is 133 Å². The highest BCUT2D eigenvalue weighted by atomic mass is 35.5. The van der Waals surface area contributed by atoms with E-state index in [-0.39, 0.29) is 11.4 Å². The number of aromatic nitrogens is 1. The Kier molecular flexibility index (Phi) is 5.72. The summed E-state index contributed by atoms with van der Waals surface area (Å²) in [4.78, 5) is 4.25. The van der Waals surface area contributed by atoms with Gasteiger partial charge in [-0.25, -0.2) is 18.1 Å². The SMILES string of the molecule is CCNCc1cc(S(=O)(=O)NCc2nccs2)ccc1Cl. The van der Waals surface area contributed by atoms with Crippen molar-refractivity contribution in [2.24, 2.45) is 0 Å². The predicted octanol–water partition coefficient (Wildman–Crippen LogP) is 2.38. The lowest BCUT2D eigenvalue weighted by Gasteiger charge is -2.09. The molecule has 0 radical (unpaired) electrons. The van der Waals surface area contributed by atoms with E-state index in [1.54, 1.807) is 23.7 Å². The van der Waals surface area contributed by atoms with Gasteiger partial charge in [0.2, 0.25) is 10.0 Å². The molecule has 1 aromatic carbocycles. The summed E-state index contributed by atoms with van der Waals surface area (Å²) >= 11 is 7.48. The second kappa shape index (κ2) is 7.33. The molecule has 0 amide bonds. The van der Waals surface area contributed by atoms with Crippen molar-refractivity contribution in [1.82, 2.24) is 15.0 Å². The molecule has 0 aliphatic heterocycles. The first-order chi connectivity index (χ1) is 10.0. The van der Waals surface area contributed by atoms with Crippen molar-refractivity contribution < 1.29 is 8.42 Å². The van der Waals surface area contributed by atoms with Crippen LogP contribution in [0.3, 0.4) is 0 Å². The van der Waals surface area contributed by atoms with Gasteiger partial charge < -0.3 is 5.32 Å². The van der Waals surface area contributed by atoms with Crippen molar-refractivity contribution in [1.29, 1.82) is 0 Å². The third-order valence-corrected chi connectivity index (χ3v) is 5.34. The number of sulfonamides is 1. The molecular formula is C13H16ClN3O2S2. The quantitative estimate of drug-likeness (QED) is 0.808. The third kappa shape index (κ3) is 4.49. The number of hydrogen-bond acceptors (Lipinski definition) is 5. The van der Waals surface area contributed by atoms with Crippen LogP contribution in [0.25, 0.3) is 0 Å². The average molecular weight is 346 g/mol. The van der Waals surface area contributed by atoms with E-state index in [9.17, 15) is 8.42 Å². The largest absolute Gasteiger partial charge is 0.313 e. The number of halogens is 1. The minimum absolute atomic E-state index is 0.186. The van der Waals surface area contributed by atoms with Crippen LogP contribution < -0.4 is 10.0 Å². The van der Waals surface area contributed by atoms with Gasteiger partial charge in [-0.3, -0.25) is 0 Å². The van der Waals surface area contributed by atoms with E-state index < -0.39 is 10.0 Å². The number of rotatable bonds is 7. The topological polar surface area (TPSA) is 71.1 Å². The van der Waals surface area contributed by atoms with Crippen molar-refractivity contribution in [3.05, 3.63) is 45.4 Å². The second-order valence-corrected chi connectivity index (χ2v) is 7.44. The van der Waals surface area contributed by atoms with E-state index in [2.05, 4.69) is 15.0 Å². The Balaban J connectivity index is 2.15. The summed E-state index contributed by atoms with van der Waals surface area (Å²) in [5.74, 6) is 0. The van der Waals surface area contributed by atoms with Crippen LogP contribution in [0.2, 0.25) is 5.02 Å². The van der Waals surface area contributed by atoms with E-state index in [0.717, 1.165) is 17.1 Å². The molecule has 0 unspecified atom stereocenters. The summed E-state index contributed by atoms with van der Waals surface area (Å²) < 4.78 is 27.1. The van der Waals surface area contributed by atoms with Gasteiger partial charge in [0, 0.05) is 23.1 Å².